The topological polar surface area (TPSA) is 40.5 Å². The molecule has 1 N–H and O–H groups in total. The fourth-order valence-electron chi connectivity index (χ4n) is 2.57. The van der Waals surface area contributed by atoms with Crippen LogP contribution in [0.3, 0.4) is 0 Å². The van der Waals surface area contributed by atoms with Gasteiger partial charge in [-0.15, -0.1) is 11.8 Å². The highest BCUT2D eigenvalue weighted by Crippen LogP contribution is 2.29. The highest BCUT2D eigenvalue weighted by Gasteiger charge is 2.30. The van der Waals surface area contributed by atoms with Crippen molar-refractivity contribution in [2.75, 3.05) is 18.8 Å². The van der Waals surface area contributed by atoms with Gasteiger partial charge in [0.2, 0.25) is 5.91 Å². The summed E-state index contributed by atoms with van der Waals surface area (Å²) in [6, 6.07) is 4.21. The third-order valence-electron chi connectivity index (χ3n) is 3.83. The normalized spacial score (nSPS) is 22.4. The van der Waals surface area contributed by atoms with Crippen molar-refractivity contribution < 1.29 is 9.90 Å². The first kappa shape index (κ1) is 16.8. The molecule has 0 saturated carbocycles. The van der Waals surface area contributed by atoms with Crippen molar-refractivity contribution in [3.63, 3.8) is 0 Å². The van der Waals surface area contributed by atoms with Crippen LogP contribution in [0.5, 0.6) is 0 Å². The summed E-state index contributed by atoms with van der Waals surface area (Å²) < 4.78 is 1.10. The minimum absolute atomic E-state index is 0.111. The number of halogens is 1. The third kappa shape index (κ3) is 4.47. The maximum Gasteiger partial charge on any atom is 0.233 e. The Balaban J connectivity index is 1.97. The molecule has 1 aliphatic heterocycles. The van der Waals surface area contributed by atoms with Gasteiger partial charge in [-0.3, -0.25) is 4.79 Å². The summed E-state index contributed by atoms with van der Waals surface area (Å²) in [6.07, 6.45) is 1.65. The lowest BCUT2D eigenvalue weighted by Gasteiger charge is -2.36. The number of hydrogen-bond donors (Lipinski definition) is 1. The van der Waals surface area contributed by atoms with E-state index in [0.717, 1.165) is 28.8 Å². The van der Waals surface area contributed by atoms with Gasteiger partial charge in [-0.1, -0.05) is 15.9 Å². The van der Waals surface area contributed by atoms with Gasteiger partial charge in [0.1, 0.15) is 0 Å². The molecule has 1 saturated heterocycles. The summed E-state index contributed by atoms with van der Waals surface area (Å²) in [7, 11) is 0. The lowest BCUT2D eigenvalue weighted by Crippen LogP contribution is -2.49. The number of aryl methyl sites for hydroxylation is 2. The Kier molecular flexibility index (Phi) is 5.38. The number of benzene rings is 1. The average Bonchev–Trinajstić information content (AvgIpc) is 2.40. The van der Waals surface area contributed by atoms with Crippen LogP contribution in [0.4, 0.5) is 0 Å². The van der Waals surface area contributed by atoms with Crippen LogP contribution in [-0.4, -0.2) is 40.4 Å². The molecular formula is C16H22BrNO2S. The number of hydrogen-bond acceptors (Lipinski definition) is 3. The molecule has 0 radical (unpaired) electrons. The van der Waals surface area contributed by atoms with Crippen molar-refractivity contribution in [2.45, 2.75) is 44.1 Å². The Bertz CT molecular complexity index is 545. The number of carbonyl (C=O) groups is 1. The van der Waals surface area contributed by atoms with Gasteiger partial charge in [0.25, 0.3) is 0 Å². The fourth-order valence-corrected chi connectivity index (χ4v) is 4.04. The first-order valence-electron chi connectivity index (χ1n) is 7.18. The van der Waals surface area contributed by atoms with Crippen molar-refractivity contribution in [2.24, 2.45) is 0 Å². The Morgan fingerprint density at radius 2 is 2.14 bits per heavy atom. The molecule has 1 aromatic carbocycles. The zero-order valence-electron chi connectivity index (χ0n) is 12.8. The number of amides is 1. The predicted molar refractivity (Wildman–Crippen MR) is 90.8 cm³/mol. The zero-order chi connectivity index (χ0) is 15.6. The van der Waals surface area contributed by atoms with Gasteiger partial charge >= 0.3 is 0 Å². The van der Waals surface area contributed by atoms with E-state index in [1.807, 2.05) is 6.92 Å². The van der Waals surface area contributed by atoms with Crippen molar-refractivity contribution in [3.05, 3.63) is 27.7 Å². The second kappa shape index (κ2) is 6.71. The van der Waals surface area contributed by atoms with E-state index in [9.17, 15) is 9.90 Å². The fraction of sp³-hybridized carbons (Fsp3) is 0.562. The number of piperidine rings is 1. The summed E-state index contributed by atoms with van der Waals surface area (Å²) in [5, 5.41) is 10.1. The molecule has 0 aromatic heterocycles. The van der Waals surface area contributed by atoms with Crippen LogP contribution in [0.2, 0.25) is 0 Å². The molecule has 1 aromatic rings. The quantitative estimate of drug-likeness (QED) is 0.826. The predicted octanol–water partition coefficient (Wildman–Crippen LogP) is 3.53. The second-order valence-corrected chi connectivity index (χ2v) is 7.94. The summed E-state index contributed by atoms with van der Waals surface area (Å²) in [5.41, 5.74) is 1.62. The summed E-state index contributed by atoms with van der Waals surface area (Å²) in [5.74, 6) is 0.540. The summed E-state index contributed by atoms with van der Waals surface area (Å²) >= 11 is 5.10. The SMILES string of the molecule is Cc1cc(SCC(=O)N2CCCC(C)(O)C2)c(C)cc1Br. The summed E-state index contributed by atoms with van der Waals surface area (Å²) in [4.78, 5) is 15.2. The highest BCUT2D eigenvalue weighted by atomic mass is 79.9. The molecule has 1 heterocycles. The van der Waals surface area contributed by atoms with Crippen LogP contribution >= 0.6 is 27.7 Å². The molecule has 0 aliphatic carbocycles. The van der Waals surface area contributed by atoms with E-state index in [1.165, 1.54) is 11.1 Å². The van der Waals surface area contributed by atoms with E-state index in [1.54, 1.807) is 16.7 Å². The maximum absolute atomic E-state index is 12.3. The van der Waals surface area contributed by atoms with Crippen LogP contribution in [-0.2, 0) is 4.79 Å². The third-order valence-corrected chi connectivity index (χ3v) is 5.83. The van der Waals surface area contributed by atoms with E-state index < -0.39 is 5.60 Å². The smallest absolute Gasteiger partial charge is 0.233 e. The van der Waals surface area contributed by atoms with Gasteiger partial charge in [-0.25, -0.2) is 0 Å². The number of nitrogens with zero attached hydrogens (tertiary/aromatic N) is 1. The van der Waals surface area contributed by atoms with E-state index in [4.69, 9.17) is 0 Å². The van der Waals surface area contributed by atoms with Gasteiger partial charge in [0.15, 0.2) is 0 Å². The number of likely N-dealkylation sites (tertiary alicyclic amines) is 1. The van der Waals surface area contributed by atoms with Crippen molar-refractivity contribution in [3.8, 4) is 0 Å². The van der Waals surface area contributed by atoms with Crippen LogP contribution in [0.25, 0.3) is 0 Å². The molecule has 5 heteroatoms. The average molecular weight is 372 g/mol. The number of carbonyl (C=O) groups excluding carboxylic acids is 1. The van der Waals surface area contributed by atoms with Gasteiger partial charge in [0.05, 0.1) is 11.4 Å². The molecule has 1 fully saturated rings. The number of thioether (sulfide) groups is 1. The standard InChI is InChI=1S/C16H22BrNO2S/c1-11-8-14(12(2)7-13(11)17)21-9-15(19)18-6-4-5-16(3,20)10-18/h7-8,20H,4-6,9-10H2,1-3H3. The zero-order valence-corrected chi connectivity index (χ0v) is 15.2. The van der Waals surface area contributed by atoms with Gasteiger partial charge < -0.3 is 10.0 Å². The van der Waals surface area contributed by atoms with E-state index in [2.05, 4.69) is 41.9 Å². The van der Waals surface area contributed by atoms with Crippen LogP contribution < -0.4 is 0 Å². The molecule has 0 spiro atoms. The lowest BCUT2D eigenvalue weighted by molar-refractivity contribution is -0.134. The van der Waals surface area contributed by atoms with Crippen molar-refractivity contribution >= 4 is 33.6 Å². The monoisotopic (exact) mass is 371 g/mol. The maximum atomic E-state index is 12.3. The van der Waals surface area contributed by atoms with Gasteiger partial charge in [-0.2, -0.15) is 0 Å². The molecule has 21 heavy (non-hydrogen) atoms. The molecule has 1 aliphatic rings. The van der Waals surface area contributed by atoms with Crippen molar-refractivity contribution in [1.29, 1.82) is 0 Å². The minimum Gasteiger partial charge on any atom is -0.388 e. The Labute approximate surface area is 139 Å². The number of β-amino-alcohol motifs (C(OH)–C–C–N with tert-alkyl or cyclic N) is 1. The number of aliphatic hydroxyl groups is 1. The highest BCUT2D eigenvalue weighted by molar-refractivity contribution is 9.10. The lowest BCUT2D eigenvalue weighted by atomic mass is 9.95. The molecule has 1 unspecified atom stereocenters. The summed E-state index contributed by atoms with van der Waals surface area (Å²) in [6.45, 7) is 7.13. The van der Waals surface area contributed by atoms with E-state index in [-0.39, 0.29) is 5.91 Å². The first-order valence-corrected chi connectivity index (χ1v) is 8.96. The molecule has 1 atom stereocenters. The molecule has 2 rings (SSSR count). The Hall–Kier alpha value is -0.520. The van der Waals surface area contributed by atoms with Crippen LogP contribution in [0.1, 0.15) is 30.9 Å². The second-order valence-electron chi connectivity index (χ2n) is 6.07. The Morgan fingerprint density at radius 3 is 2.81 bits per heavy atom. The largest absolute Gasteiger partial charge is 0.388 e. The molecule has 0 bridgehead atoms. The molecular weight excluding hydrogens is 350 g/mol. The molecule has 1 amide bonds. The van der Waals surface area contributed by atoms with Crippen LogP contribution in [0.15, 0.2) is 21.5 Å². The minimum atomic E-state index is -0.733. The first-order chi connectivity index (χ1) is 9.78. The molecule has 3 nitrogen and oxygen atoms in total. The Morgan fingerprint density at radius 1 is 1.43 bits per heavy atom. The molecule has 116 valence electrons. The van der Waals surface area contributed by atoms with Crippen LogP contribution in [0, 0.1) is 13.8 Å². The number of rotatable bonds is 3. The van der Waals surface area contributed by atoms with Gasteiger partial charge in [0, 0.05) is 22.5 Å². The van der Waals surface area contributed by atoms with Gasteiger partial charge in [-0.05, 0) is 56.9 Å². The van der Waals surface area contributed by atoms with E-state index in [0.29, 0.717) is 12.3 Å². The van der Waals surface area contributed by atoms with E-state index >= 15 is 0 Å². The van der Waals surface area contributed by atoms with Crippen molar-refractivity contribution in [1.82, 2.24) is 4.90 Å².